The van der Waals surface area contributed by atoms with Crippen LogP contribution in [-0.2, 0) is 25.6 Å². The summed E-state index contributed by atoms with van der Waals surface area (Å²) >= 11 is 0. The van der Waals surface area contributed by atoms with Gasteiger partial charge in [-0.2, -0.15) is 0 Å². The van der Waals surface area contributed by atoms with E-state index >= 15 is 0 Å². The van der Waals surface area contributed by atoms with Gasteiger partial charge in [0.15, 0.2) is 0 Å². The minimum Gasteiger partial charge on any atom is -0.487 e. The van der Waals surface area contributed by atoms with Crippen LogP contribution in [0.5, 0.6) is 5.75 Å². The van der Waals surface area contributed by atoms with Gasteiger partial charge in [-0.25, -0.2) is 0 Å². The van der Waals surface area contributed by atoms with Crippen LogP contribution >= 0.6 is 0 Å². The molecule has 3 N–H and O–H groups in total. The molecule has 5 rings (SSSR count). The number of rotatable bonds is 7. The number of carbonyl (C=O) groups is 2. The average Bonchev–Trinajstić information content (AvgIpc) is 3.26. The summed E-state index contributed by atoms with van der Waals surface area (Å²) in [7, 11) is 0. The lowest BCUT2D eigenvalue weighted by molar-refractivity contribution is -0.142. The van der Waals surface area contributed by atoms with E-state index in [1.807, 2.05) is 48.5 Å². The van der Waals surface area contributed by atoms with Gasteiger partial charge in [0.2, 0.25) is 11.8 Å². The first-order valence-corrected chi connectivity index (χ1v) is 12.4. The van der Waals surface area contributed by atoms with Crippen molar-refractivity contribution in [3.05, 3.63) is 59.7 Å². The van der Waals surface area contributed by atoms with Crippen LogP contribution in [0, 0.1) is 5.92 Å². The number of fused-ring (bicyclic) bond motifs is 3. The fourth-order valence-electron chi connectivity index (χ4n) is 5.25. The maximum Gasteiger partial charge on any atom is 0.227 e. The summed E-state index contributed by atoms with van der Waals surface area (Å²) < 4.78 is 17.6. The summed E-state index contributed by atoms with van der Waals surface area (Å²) in [6.07, 6.45) is 1.10. The normalized spacial score (nSPS) is 25.7. The molecule has 0 aliphatic carbocycles. The van der Waals surface area contributed by atoms with Crippen LogP contribution in [0.4, 0.5) is 5.69 Å². The first kappa shape index (κ1) is 23.8. The van der Waals surface area contributed by atoms with E-state index in [-0.39, 0.29) is 48.9 Å². The Morgan fingerprint density at radius 2 is 1.86 bits per heavy atom. The summed E-state index contributed by atoms with van der Waals surface area (Å²) in [5, 5.41) is 16.0. The number of hydrogen-bond donors (Lipinski definition) is 3. The summed E-state index contributed by atoms with van der Waals surface area (Å²) in [6, 6.07) is 15.4. The molecule has 3 heterocycles. The summed E-state index contributed by atoms with van der Waals surface area (Å²) in [6.45, 7) is 1.50. The lowest BCUT2D eigenvalue weighted by atomic mass is 9.84. The minimum atomic E-state index is -0.520. The second-order valence-electron chi connectivity index (χ2n) is 9.50. The van der Waals surface area contributed by atoms with Crippen molar-refractivity contribution in [3.8, 4) is 5.75 Å². The lowest BCUT2D eigenvalue weighted by Crippen LogP contribution is -2.47. The highest BCUT2D eigenvalue weighted by molar-refractivity contribution is 5.92. The van der Waals surface area contributed by atoms with Gasteiger partial charge in [-0.1, -0.05) is 30.3 Å². The summed E-state index contributed by atoms with van der Waals surface area (Å²) in [4.78, 5) is 25.3. The number of amides is 2. The van der Waals surface area contributed by atoms with Crippen molar-refractivity contribution in [2.45, 2.75) is 56.5 Å². The third kappa shape index (κ3) is 5.50. The lowest BCUT2D eigenvalue weighted by Gasteiger charge is -2.37. The van der Waals surface area contributed by atoms with Gasteiger partial charge >= 0.3 is 0 Å². The molecule has 2 amide bonds. The minimum absolute atomic E-state index is 0.0110. The molecule has 8 heteroatoms. The Labute approximate surface area is 205 Å². The molecule has 2 aromatic carbocycles. The van der Waals surface area contributed by atoms with E-state index in [9.17, 15) is 14.7 Å². The summed E-state index contributed by atoms with van der Waals surface area (Å²) in [5.74, 6) is 0.590. The SMILES string of the molecule is O=C(C[C@@H]1C[C@@H]2c3cc(NC(=O)C4CCOCC4)ccc3O[C@@H]2[C@@H](CO)O1)NCc1ccccc1. The molecule has 0 saturated carbocycles. The van der Waals surface area contributed by atoms with Gasteiger partial charge in [-0.05, 0) is 43.0 Å². The zero-order valence-corrected chi connectivity index (χ0v) is 19.7. The highest BCUT2D eigenvalue weighted by Gasteiger charge is 2.46. The largest absolute Gasteiger partial charge is 0.487 e. The molecule has 0 bridgehead atoms. The Morgan fingerprint density at radius 3 is 2.63 bits per heavy atom. The van der Waals surface area contributed by atoms with Crippen molar-refractivity contribution in [1.82, 2.24) is 5.32 Å². The second kappa shape index (κ2) is 10.8. The number of anilines is 1. The molecule has 2 saturated heterocycles. The van der Waals surface area contributed by atoms with E-state index in [0.717, 1.165) is 35.4 Å². The molecule has 2 fully saturated rings. The molecule has 0 spiro atoms. The van der Waals surface area contributed by atoms with Crippen LogP contribution in [0.1, 0.15) is 42.7 Å². The number of carbonyl (C=O) groups excluding carboxylic acids is 2. The molecule has 2 aromatic rings. The highest BCUT2D eigenvalue weighted by Crippen LogP contribution is 2.47. The van der Waals surface area contributed by atoms with Crippen molar-refractivity contribution in [2.24, 2.45) is 5.92 Å². The van der Waals surface area contributed by atoms with Gasteiger partial charge in [-0.3, -0.25) is 9.59 Å². The molecule has 186 valence electrons. The van der Waals surface area contributed by atoms with Crippen molar-refractivity contribution >= 4 is 17.5 Å². The topological polar surface area (TPSA) is 106 Å². The number of aliphatic hydroxyl groups is 1. The third-order valence-electron chi connectivity index (χ3n) is 7.10. The average molecular weight is 481 g/mol. The fraction of sp³-hybridized carbons (Fsp3) is 0.481. The maximum atomic E-state index is 12.7. The first-order chi connectivity index (χ1) is 17.1. The van der Waals surface area contributed by atoms with E-state index in [4.69, 9.17) is 14.2 Å². The zero-order valence-electron chi connectivity index (χ0n) is 19.7. The molecule has 0 radical (unpaired) electrons. The molecule has 4 atom stereocenters. The van der Waals surface area contributed by atoms with Crippen molar-refractivity contribution in [3.63, 3.8) is 0 Å². The third-order valence-corrected chi connectivity index (χ3v) is 7.10. The zero-order chi connectivity index (χ0) is 24.2. The quantitative estimate of drug-likeness (QED) is 0.563. The molecular formula is C27H32N2O6. The fourth-order valence-corrected chi connectivity index (χ4v) is 5.25. The number of aliphatic hydroxyl groups excluding tert-OH is 1. The van der Waals surface area contributed by atoms with Crippen molar-refractivity contribution in [2.75, 3.05) is 25.1 Å². The molecule has 8 nitrogen and oxygen atoms in total. The Bertz CT molecular complexity index is 1040. The van der Waals surface area contributed by atoms with E-state index in [0.29, 0.717) is 26.2 Å². The predicted molar refractivity (Wildman–Crippen MR) is 129 cm³/mol. The van der Waals surface area contributed by atoms with E-state index in [1.165, 1.54) is 0 Å². The Hall–Kier alpha value is -2.94. The van der Waals surface area contributed by atoms with Crippen LogP contribution in [0.25, 0.3) is 0 Å². The van der Waals surface area contributed by atoms with Crippen LogP contribution in [0.3, 0.4) is 0 Å². The van der Waals surface area contributed by atoms with Gasteiger partial charge in [0.1, 0.15) is 18.0 Å². The standard InChI is InChI=1S/C27H32N2O6/c30-16-24-26-22(13-20(34-24)14-25(31)28-15-17-4-2-1-3-5-17)21-12-19(6-7-23(21)35-26)29-27(32)18-8-10-33-11-9-18/h1-7,12,18,20,22,24,26,30H,8-11,13-16H2,(H,28,31)(H,29,32)/t20-,22+,24+,26-/m0/s1. The van der Waals surface area contributed by atoms with Crippen LogP contribution < -0.4 is 15.4 Å². The number of ether oxygens (including phenoxy) is 3. The number of nitrogens with one attached hydrogen (secondary N) is 2. The first-order valence-electron chi connectivity index (χ1n) is 12.4. The molecular weight excluding hydrogens is 448 g/mol. The highest BCUT2D eigenvalue weighted by atomic mass is 16.6. The Balaban J connectivity index is 1.24. The van der Waals surface area contributed by atoms with Crippen molar-refractivity contribution < 1.29 is 28.9 Å². The van der Waals surface area contributed by atoms with Crippen LogP contribution in [0.15, 0.2) is 48.5 Å². The Kier molecular flexibility index (Phi) is 7.32. The van der Waals surface area contributed by atoms with Gasteiger partial charge in [0.05, 0.1) is 19.1 Å². The molecule has 3 aliphatic heterocycles. The van der Waals surface area contributed by atoms with Crippen LogP contribution in [0.2, 0.25) is 0 Å². The molecule has 0 unspecified atom stereocenters. The molecule has 3 aliphatic rings. The summed E-state index contributed by atoms with van der Waals surface area (Å²) in [5.41, 5.74) is 2.75. The van der Waals surface area contributed by atoms with E-state index in [2.05, 4.69) is 10.6 Å². The molecule has 35 heavy (non-hydrogen) atoms. The number of hydrogen-bond acceptors (Lipinski definition) is 6. The van der Waals surface area contributed by atoms with Gasteiger partial charge in [-0.15, -0.1) is 0 Å². The molecule has 0 aromatic heterocycles. The van der Waals surface area contributed by atoms with Gasteiger partial charge in [0.25, 0.3) is 0 Å². The second-order valence-corrected chi connectivity index (χ2v) is 9.50. The van der Waals surface area contributed by atoms with Crippen molar-refractivity contribution in [1.29, 1.82) is 0 Å². The number of benzene rings is 2. The monoisotopic (exact) mass is 480 g/mol. The van der Waals surface area contributed by atoms with Crippen LogP contribution in [-0.4, -0.2) is 55.1 Å². The van der Waals surface area contributed by atoms with E-state index in [1.54, 1.807) is 0 Å². The van der Waals surface area contributed by atoms with E-state index < -0.39 is 6.10 Å². The Morgan fingerprint density at radius 1 is 1.06 bits per heavy atom. The smallest absolute Gasteiger partial charge is 0.227 e. The van der Waals surface area contributed by atoms with Gasteiger partial charge in [0, 0.05) is 42.8 Å². The maximum absolute atomic E-state index is 12.7. The van der Waals surface area contributed by atoms with Gasteiger partial charge < -0.3 is 30.0 Å². The predicted octanol–water partition coefficient (Wildman–Crippen LogP) is 2.75.